The fourth-order valence-corrected chi connectivity index (χ4v) is 5.38. The second-order valence-corrected chi connectivity index (χ2v) is 10.6. The van der Waals surface area contributed by atoms with Crippen molar-refractivity contribution in [1.82, 2.24) is 14.9 Å². The van der Waals surface area contributed by atoms with E-state index in [0.29, 0.717) is 57.5 Å². The van der Waals surface area contributed by atoms with Crippen LogP contribution in [0.5, 0.6) is 0 Å². The molecule has 0 fully saturated rings. The zero-order chi connectivity index (χ0) is 32.5. The summed E-state index contributed by atoms with van der Waals surface area (Å²) in [5, 5.41) is 2.43. The fourth-order valence-electron chi connectivity index (χ4n) is 5.38. The molecule has 4 heterocycles. The summed E-state index contributed by atoms with van der Waals surface area (Å²) in [5.41, 5.74) is 7.22. The van der Waals surface area contributed by atoms with Crippen molar-refractivity contribution >= 4 is 30.0 Å². The van der Waals surface area contributed by atoms with Gasteiger partial charge in [-0.15, -0.1) is 0 Å². The number of rotatable bonds is 17. The minimum absolute atomic E-state index is 0.00543. The third-order valence-electron chi connectivity index (χ3n) is 7.65. The molecule has 0 radical (unpaired) electrons. The van der Waals surface area contributed by atoms with Crippen molar-refractivity contribution in [1.29, 1.82) is 0 Å². The first-order valence-corrected chi connectivity index (χ1v) is 15.1. The van der Waals surface area contributed by atoms with Crippen molar-refractivity contribution in [2.24, 2.45) is 5.73 Å². The lowest BCUT2D eigenvalue weighted by molar-refractivity contribution is -0.189. The number of nitrogens with two attached hydrogens (primary N) is 1. The van der Waals surface area contributed by atoms with Gasteiger partial charge in [-0.25, -0.2) is 9.78 Å². The zero-order valence-corrected chi connectivity index (χ0v) is 25.6. The molecule has 2 aromatic rings. The molecule has 0 unspecified atom stereocenters. The van der Waals surface area contributed by atoms with Crippen molar-refractivity contribution in [3.8, 4) is 11.4 Å². The summed E-state index contributed by atoms with van der Waals surface area (Å²) in [5.74, 6) is -2.22. The molecule has 46 heavy (non-hydrogen) atoms. The lowest BCUT2D eigenvalue weighted by Crippen LogP contribution is -2.48. The van der Waals surface area contributed by atoms with Crippen LogP contribution >= 0.6 is 0 Å². The van der Waals surface area contributed by atoms with Crippen molar-refractivity contribution in [3.63, 3.8) is 0 Å². The Morgan fingerprint density at radius 3 is 2.50 bits per heavy atom. The Hall–Kier alpha value is -4.30. The lowest BCUT2D eigenvalue weighted by atomic mass is 9.85. The summed E-state index contributed by atoms with van der Waals surface area (Å²) < 4.78 is 33.9. The van der Waals surface area contributed by atoms with Gasteiger partial charge in [-0.3, -0.25) is 14.4 Å². The van der Waals surface area contributed by atoms with Crippen LogP contribution in [-0.4, -0.2) is 93.3 Å². The van der Waals surface area contributed by atoms with Gasteiger partial charge in [0.1, 0.15) is 37.5 Å². The molecular weight excluding hydrogens is 600 g/mol. The second kappa shape index (κ2) is 15.3. The van der Waals surface area contributed by atoms with Crippen LogP contribution in [0.25, 0.3) is 23.5 Å². The van der Waals surface area contributed by atoms with Gasteiger partial charge in [-0.05, 0) is 12.5 Å². The molecule has 2 aromatic heterocycles. The standard InChI is InChI=1S/C32H36N4O10/c1-2-32(46-28(38)17-34-27(37)20-44-14-13-43-12-11-42-10-9-41-8-7-33)24-16-26-29-22(15-21-5-3-4-6-25(21)35-29)18-36(26)30(39)23(24)19-45-31(32)40/h4-6,15-16H,2,7-14,17-20,33H2,1H3/p+1/t32-/m0/s1. The second-order valence-electron chi connectivity index (χ2n) is 10.6. The zero-order valence-electron chi connectivity index (χ0n) is 25.6. The molecule has 14 nitrogen and oxygen atoms in total. The maximum Gasteiger partial charge on any atom is 0.355 e. The van der Waals surface area contributed by atoms with Gasteiger partial charge in [0.2, 0.25) is 11.5 Å². The molecule has 1 atom stereocenters. The summed E-state index contributed by atoms with van der Waals surface area (Å²) in [6.07, 6.45) is 8.46. The van der Waals surface area contributed by atoms with E-state index >= 15 is 0 Å². The van der Waals surface area contributed by atoms with Crippen LogP contribution in [-0.2, 0) is 61.6 Å². The van der Waals surface area contributed by atoms with Crippen LogP contribution in [0, 0.1) is 6.08 Å². The first kappa shape index (κ1) is 33.1. The van der Waals surface area contributed by atoms with Crippen LogP contribution in [0.15, 0.2) is 23.0 Å². The Kier molecular flexibility index (Phi) is 11.0. The van der Waals surface area contributed by atoms with E-state index in [-0.39, 0.29) is 49.5 Å². The number of nitrogens with zero attached hydrogens (tertiary/aromatic N) is 2. The highest BCUT2D eigenvalue weighted by Gasteiger charge is 2.50. The van der Waals surface area contributed by atoms with Gasteiger partial charge < -0.3 is 44.0 Å². The van der Waals surface area contributed by atoms with Crippen LogP contribution < -0.4 is 16.6 Å². The normalized spacial score (nSPS) is 17.0. The predicted molar refractivity (Wildman–Crippen MR) is 163 cm³/mol. The van der Waals surface area contributed by atoms with E-state index in [1.165, 1.54) is 0 Å². The van der Waals surface area contributed by atoms with E-state index in [2.05, 4.69) is 11.4 Å². The molecule has 2 aliphatic heterocycles. The van der Waals surface area contributed by atoms with E-state index in [1.807, 2.05) is 18.2 Å². The van der Waals surface area contributed by atoms with Gasteiger partial charge in [0, 0.05) is 29.8 Å². The third kappa shape index (κ3) is 7.23. The summed E-state index contributed by atoms with van der Waals surface area (Å²) in [6, 6.07) is 3.65. The smallest absolute Gasteiger partial charge is 0.355 e. The molecule has 1 aliphatic carbocycles. The Bertz CT molecular complexity index is 1580. The Morgan fingerprint density at radius 1 is 1.07 bits per heavy atom. The topological polar surface area (TPSA) is 180 Å². The molecule has 0 spiro atoms. The first-order valence-electron chi connectivity index (χ1n) is 15.1. The first-order chi connectivity index (χ1) is 22.4. The third-order valence-corrected chi connectivity index (χ3v) is 7.65. The molecule has 0 bridgehead atoms. The van der Waals surface area contributed by atoms with Crippen molar-refractivity contribution in [2.45, 2.75) is 32.1 Å². The maximum absolute atomic E-state index is 13.6. The number of esters is 2. The van der Waals surface area contributed by atoms with E-state index in [9.17, 15) is 19.2 Å². The average molecular weight is 638 g/mol. The number of ether oxygens (including phenoxy) is 6. The van der Waals surface area contributed by atoms with Crippen LogP contribution in [0.2, 0.25) is 0 Å². The number of allylic oxidation sites excluding steroid dienone is 2. The Labute approximate surface area is 265 Å². The van der Waals surface area contributed by atoms with Crippen LogP contribution in [0.3, 0.4) is 0 Å². The molecule has 3 N–H and O–H groups in total. The Morgan fingerprint density at radius 2 is 1.78 bits per heavy atom. The number of carbonyl (C=O) groups excluding carboxylic acids is 3. The predicted octanol–water partition coefficient (Wildman–Crippen LogP) is 0.462. The van der Waals surface area contributed by atoms with Gasteiger partial charge >= 0.3 is 11.9 Å². The van der Waals surface area contributed by atoms with E-state index in [1.54, 1.807) is 23.6 Å². The molecule has 0 saturated heterocycles. The average Bonchev–Trinajstić information content (AvgIpc) is 3.42. The largest absolute Gasteiger partial charge is 0.457 e. The summed E-state index contributed by atoms with van der Waals surface area (Å²) in [6.45, 7) is 3.91. The van der Waals surface area contributed by atoms with Gasteiger partial charge in [-0.1, -0.05) is 6.92 Å². The number of nitrogens with one attached hydrogen (secondary N) is 1. The van der Waals surface area contributed by atoms with Crippen molar-refractivity contribution < 1.29 is 42.8 Å². The number of pyridine rings is 2. The number of fused-ring (bicyclic) bond motifs is 5. The van der Waals surface area contributed by atoms with Crippen LogP contribution in [0.1, 0.15) is 41.3 Å². The molecule has 1 amide bonds. The van der Waals surface area contributed by atoms with Crippen LogP contribution in [0.4, 0.5) is 0 Å². The van der Waals surface area contributed by atoms with Gasteiger partial charge in [-0.2, -0.15) is 0 Å². The lowest BCUT2D eigenvalue weighted by Gasteiger charge is -2.35. The quantitative estimate of drug-likeness (QED) is 0.119. The summed E-state index contributed by atoms with van der Waals surface area (Å²) >= 11 is 0. The van der Waals surface area contributed by atoms with E-state index in [0.717, 1.165) is 16.8 Å². The fraction of sp³-hybridized carbons (Fsp3) is 0.469. The van der Waals surface area contributed by atoms with Gasteiger partial charge in [0.15, 0.2) is 5.69 Å². The molecular formula is C32H37N4O10+. The number of aromatic nitrogens is 2. The van der Waals surface area contributed by atoms with Crippen molar-refractivity contribution in [2.75, 3.05) is 65.9 Å². The number of cyclic esters (lactones) is 1. The molecule has 5 rings (SSSR count). The van der Waals surface area contributed by atoms with E-state index in [4.69, 9.17) is 39.1 Å². The molecule has 3 aliphatic rings. The number of amides is 1. The molecule has 0 saturated carbocycles. The summed E-state index contributed by atoms with van der Waals surface area (Å²) in [4.78, 5) is 56.8. The minimum Gasteiger partial charge on any atom is -0.457 e. The number of carbonyl (C=O) groups is 3. The highest BCUT2D eigenvalue weighted by molar-refractivity contribution is 5.89. The highest BCUT2D eigenvalue weighted by atomic mass is 16.6. The molecule has 0 aromatic carbocycles. The van der Waals surface area contributed by atoms with E-state index < -0.39 is 30.0 Å². The monoisotopic (exact) mass is 637 g/mol. The molecule has 14 heteroatoms. The maximum atomic E-state index is 13.6. The van der Waals surface area contributed by atoms with Gasteiger partial charge in [0.25, 0.3) is 5.56 Å². The number of hydrogen-bond donors (Lipinski definition) is 2. The Balaban J connectivity index is 1.15. The SMILES string of the molecule is CC[C@@]1(OC(=O)CNC(=O)COCCOCCOCCOCCN)C(=O)OCc2c1cc1n(c2=O)Cc2cc3c(nc2-1)C=C[C+]=C3. The highest BCUT2D eigenvalue weighted by Crippen LogP contribution is 2.41. The molecule has 244 valence electrons. The minimum atomic E-state index is -1.87. The van der Waals surface area contributed by atoms with Gasteiger partial charge in [0.05, 0.1) is 75.8 Å². The summed E-state index contributed by atoms with van der Waals surface area (Å²) in [7, 11) is 0. The number of hydrogen-bond acceptors (Lipinski definition) is 12. The van der Waals surface area contributed by atoms with Crippen molar-refractivity contribution in [3.05, 3.63) is 62.6 Å².